The number of halogens is 1. The molecular weight excluding hydrogens is 193 g/mol. The zero-order valence-electron chi connectivity index (χ0n) is 8.62. The largest absolute Gasteiger partial charge is 0.508 e. The highest BCUT2D eigenvalue weighted by Crippen LogP contribution is 2.52. The summed E-state index contributed by atoms with van der Waals surface area (Å²) in [6, 6.07) is 6.59. The molecule has 2 rings (SSSR count). The Labute approximate surface area is 88.9 Å². The molecule has 15 heavy (non-hydrogen) atoms. The van der Waals surface area contributed by atoms with E-state index in [1.807, 2.05) is 0 Å². The Bertz CT molecular complexity index is 344. The molecule has 1 aliphatic rings. The molecule has 1 unspecified atom stereocenters. The second-order valence-electron chi connectivity index (χ2n) is 4.34. The Hall–Kier alpha value is -1.09. The maximum atomic E-state index is 14.3. The van der Waals surface area contributed by atoms with Crippen molar-refractivity contribution in [2.45, 2.75) is 25.4 Å². The third kappa shape index (κ3) is 1.61. The van der Waals surface area contributed by atoms with Crippen molar-refractivity contribution in [3.05, 3.63) is 29.8 Å². The van der Waals surface area contributed by atoms with Crippen LogP contribution in [0.25, 0.3) is 0 Å². The molecular formula is C12H16FNO. The molecule has 0 bridgehead atoms. The summed E-state index contributed by atoms with van der Waals surface area (Å²) in [7, 11) is 0. The first-order valence-corrected chi connectivity index (χ1v) is 5.32. The summed E-state index contributed by atoms with van der Waals surface area (Å²) in [5.74, 6) is 0.0322. The molecule has 0 radical (unpaired) electrons. The van der Waals surface area contributed by atoms with Gasteiger partial charge in [0.15, 0.2) is 0 Å². The molecule has 0 aliphatic heterocycles. The Balaban J connectivity index is 2.27. The fourth-order valence-corrected chi connectivity index (χ4v) is 2.22. The second kappa shape index (κ2) is 3.81. The highest BCUT2D eigenvalue weighted by Gasteiger charge is 2.44. The van der Waals surface area contributed by atoms with Gasteiger partial charge in [-0.15, -0.1) is 0 Å². The lowest BCUT2D eigenvalue weighted by atomic mass is 9.64. The highest BCUT2D eigenvalue weighted by molar-refractivity contribution is 5.35. The number of para-hydroxylation sites is 1. The summed E-state index contributed by atoms with van der Waals surface area (Å²) in [4.78, 5) is 0. The topological polar surface area (TPSA) is 46.2 Å². The van der Waals surface area contributed by atoms with E-state index in [9.17, 15) is 9.50 Å². The van der Waals surface area contributed by atoms with Gasteiger partial charge in [0.2, 0.25) is 0 Å². The maximum Gasteiger partial charge on any atom is 0.135 e. The highest BCUT2D eigenvalue weighted by atomic mass is 19.1. The van der Waals surface area contributed by atoms with Crippen LogP contribution in [-0.4, -0.2) is 11.7 Å². The molecule has 1 atom stereocenters. The molecule has 1 aliphatic carbocycles. The first-order chi connectivity index (χ1) is 7.19. The van der Waals surface area contributed by atoms with E-state index in [2.05, 4.69) is 0 Å². The van der Waals surface area contributed by atoms with Crippen molar-refractivity contribution in [1.82, 2.24) is 0 Å². The predicted octanol–water partition coefficient (Wildman–Crippen LogP) is 2.53. The van der Waals surface area contributed by atoms with Gasteiger partial charge in [-0.1, -0.05) is 24.6 Å². The Morgan fingerprint density at radius 3 is 2.53 bits per heavy atom. The van der Waals surface area contributed by atoms with Gasteiger partial charge in [-0.3, -0.25) is 0 Å². The van der Waals surface area contributed by atoms with Crippen molar-refractivity contribution in [3.63, 3.8) is 0 Å². The van der Waals surface area contributed by atoms with Crippen LogP contribution >= 0.6 is 0 Å². The molecule has 2 nitrogen and oxygen atoms in total. The number of hydrogen-bond acceptors (Lipinski definition) is 2. The summed E-state index contributed by atoms with van der Waals surface area (Å²) in [5, 5.41) is 9.58. The van der Waals surface area contributed by atoms with Gasteiger partial charge in [0, 0.05) is 17.5 Å². The molecule has 1 saturated carbocycles. The van der Waals surface area contributed by atoms with Crippen molar-refractivity contribution >= 4 is 0 Å². The Morgan fingerprint density at radius 2 is 2.07 bits per heavy atom. The SMILES string of the molecule is NCC1(C(F)c2ccccc2O)CCC1. The Morgan fingerprint density at radius 1 is 1.40 bits per heavy atom. The van der Waals surface area contributed by atoms with Crippen LogP contribution in [0.15, 0.2) is 24.3 Å². The zero-order chi connectivity index (χ0) is 10.9. The van der Waals surface area contributed by atoms with E-state index in [1.165, 1.54) is 6.07 Å². The Kier molecular flexibility index (Phi) is 2.65. The first-order valence-electron chi connectivity index (χ1n) is 5.32. The lowest BCUT2D eigenvalue weighted by molar-refractivity contribution is 0.0271. The third-order valence-electron chi connectivity index (χ3n) is 3.50. The van der Waals surface area contributed by atoms with Crippen LogP contribution in [0.4, 0.5) is 4.39 Å². The number of phenols is 1. The van der Waals surface area contributed by atoms with Gasteiger partial charge in [0.1, 0.15) is 11.9 Å². The van der Waals surface area contributed by atoms with Crippen molar-refractivity contribution in [3.8, 4) is 5.75 Å². The van der Waals surface area contributed by atoms with Crippen LogP contribution in [0.2, 0.25) is 0 Å². The number of phenolic OH excluding ortho intramolecular Hbond substituents is 1. The molecule has 0 heterocycles. The van der Waals surface area contributed by atoms with Crippen molar-refractivity contribution in [2.75, 3.05) is 6.54 Å². The monoisotopic (exact) mass is 209 g/mol. The van der Waals surface area contributed by atoms with Crippen LogP contribution in [-0.2, 0) is 0 Å². The molecule has 0 amide bonds. The molecule has 1 aromatic carbocycles. The molecule has 0 aromatic heterocycles. The number of aromatic hydroxyl groups is 1. The van der Waals surface area contributed by atoms with Crippen LogP contribution < -0.4 is 5.73 Å². The van der Waals surface area contributed by atoms with Crippen molar-refractivity contribution in [1.29, 1.82) is 0 Å². The van der Waals surface area contributed by atoms with E-state index in [1.54, 1.807) is 18.2 Å². The zero-order valence-corrected chi connectivity index (χ0v) is 8.62. The molecule has 82 valence electrons. The van der Waals surface area contributed by atoms with Crippen LogP contribution in [0.3, 0.4) is 0 Å². The van der Waals surface area contributed by atoms with E-state index in [-0.39, 0.29) is 5.75 Å². The minimum absolute atomic E-state index is 0.0322. The minimum atomic E-state index is -1.14. The van der Waals surface area contributed by atoms with Gasteiger partial charge >= 0.3 is 0 Å². The second-order valence-corrected chi connectivity index (χ2v) is 4.34. The number of benzene rings is 1. The van der Waals surface area contributed by atoms with Gasteiger partial charge < -0.3 is 10.8 Å². The average Bonchev–Trinajstić information content (AvgIpc) is 2.17. The number of rotatable bonds is 3. The third-order valence-corrected chi connectivity index (χ3v) is 3.50. The van der Waals surface area contributed by atoms with Gasteiger partial charge in [0.25, 0.3) is 0 Å². The summed E-state index contributed by atoms with van der Waals surface area (Å²) in [5.41, 5.74) is 5.58. The lowest BCUT2D eigenvalue weighted by Gasteiger charge is -2.43. The average molecular weight is 209 g/mol. The molecule has 3 N–H and O–H groups in total. The van der Waals surface area contributed by atoms with E-state index < -0.39 is 11.6 Å². The minimum Gasteiger partial charge on any atom is -0.508 e. The lowest BCUT2D eigenvalue weighted by Crippen LogP contribution is -2.41. The van der Waals surface area contributed by atoms with E-state index in [0.29, 0.717) is 12.1 Å². The molecule has 0 saturated heterocycles. The van der Waals surface area contributed by atoms with Crippen LogP contribution in [0.5, 0.6) is 5.75 Å². The summed E-state index contributed by atoms with van der Waals surface area (Å²) in [6.07, 6.45) is 1.53. The summed E-state index contributed by atoms with van der Waals surface area (Å²) >= 11 is 0. The standard InChI is InChI=1S/C12H16FNO/c13-11(12(8-14)6-3-7-12)9-4-1-2-5-10(9)15/h1-2,4-5,11,15H,3,6-8,14H2. The molecule has 3 heteroatoms. The molecule has 0 spiro atoms. The number of alkyl halides is 1. The van der Waals surface area contributed by atoms with Crippen molar-refractivity contribution < 1.29 is 9.50 Å². The molecule has 1 fully saturated rings. The molecule has 1 aromatic rings. The van der Waals surface area contributed by atoms with E-state index in [0.717, 1.165) is 19.3 Å². The van der Waals surface area contributed by atoms with Crippen molar-refractivity contribution in [2.24, 2.45) is 11.1 Å². The predicted molar refractivity (Wildman–Crippen MR) is 57.3 cm³/mol. The fourth-order valence-electron chi connectivity index (χ4n) is 2.22. The number of hydrogen-bond donors (Lipinski definition) is 2. The smallest absolute Gasteiger partial charge is 0.135 e. The fraction of sp³-hybridized carbons (Fsp3) is 0.500. The quantitative estimate of drug-likeness (QED) is 0.803. The number of nitrogens with two attached hydrogens (primary N) is 1. The van der Waals surface area contributed by atoms with Gasteiger partial charge in [-0.05, 0) is 18.9 Å². The summed E-state index contributed by atoms with van der Waals surface area (Å²) < 4.78 is 14.3. The maximum absolute atomic E-state index is 14.3. The van der Waals surface area contributed by atoms with Gasteiger partial charge in [0.05, 0.1) is 0 Å². The van der Waals surface area contributed by atoms with Gasteiger partial charge in [-0.2, -0.15) is 0 Å². The van der Waals surface area contributed by atoms with Crippen LogP contribution in [0.1, 0.15) is 31.0 Å². The van der Waals surface area contributed by atoms with Gasteiger partial charge in [-0.25, -0.2) is 4.39 Å². The first kappa shape index (κ1) is 10.4. The van der Waals surface area contributed by atoms with Crippen LogP contribution in [0, 0.1) is 5.41 Å². The summed E-state index contributed by atoms with van der Waals surface area (Å²) in [6.45, 7) is 0.350. The van der Waals surface area contributed by atoms with E-state index >= 15 is 0 Å². The van der Waals surface area contributed by atoms with E-state index in [4.69, 9.17) is 5.73 Å². The normalized spacial score (nSPS) is 20.7.